The zero-order valence-electron chi connectivity index (χ0n) is 12.1. The Bertz CT molecular complexity index is 695. The first kappa shape index (κ1) is 16.5. The number of thioether (sulfide) groups is 1. The maximum atomic E-state index is 10.4. The first-order valence-electron chi connectivity index (χ1n) is 6.72. The molecule has 1 N–H and O–H groups in total. The van der Waals surface area contributed by atoms with Crippen LogP contribution in [0.25, 0.3) is 0 Å². The van der Waals surface area contributed by atoms with Crippen LogP contribution < -0.4 is 0 Å². The third-order valence-corrected chi connectivity index (χ3v) is 6.21. The van der Waals surface area contributed by atoms with Crippen molar-refractivity contribution >= 4 is 46.3 Å². The van der Waals surface area contributed by atoms with Crippen molar-refractivity contribution in [3.63, 3.8) is 0 Å². The summed E-state index contributed by atoms with van der Waals surface area (Å²) in [7, 11) is 1.97. The molecule has 0 spiro atoms. The van der Waals surface area contributed by atoms with Gasteiger partial charge in [-0.05, 0) is 36.6 Å². The van der Waals surface area contributed by atoms with E-state index in [2.05, 4.69) is 15.1 Å². The number of fused-ring (bicyclic) bond motifs is 1. The van der Waals surface area contributed by atoms with Gasteiger partial charge in [-0.1, -0.05) is 46.3 Å². The van der Waals surface area contributed by atoms with Crippen molar-refractivity contribution in [1.29, 1.82) is 0 Å². The fourth-order valence-electron chi connectivity index (χ4n) is 2.86. The lowest BCUT2D eigenvalue weighted by atomic mass is 10.1. The Balaban J connectivity index is 1.85. The molecule has 3 rings (SSSR count). The van der Waals surface area contributed by atoms with Crippen LogP contribution in [0.4, 0.5) is 0 Å². The first-order valence-corrected chi connectivity index (χ1v) is 9.51. The van der Waals surface area contributed by atoms with Crippen molar-refractivity contribution in [1.82, 2.24) is 15.1 Å². The van der Waals surface area contributed by atoms with Gasteiger partial charge < -0.3 is 5.11 Å². The highest BCUT2D eigenvalue weighted by Crippen LogP contribution is 2.41. The van der Waals surface area contributed by atoms with Gasteiger partial charge in [-0.2, -0.15) is 0 Å². The molecule has 0 unspecified atom stereocenters. The van der Waals surface area contributed by atoms with E-state index >= 15 is 0 Å². The lowest BCUT2D eigenvalue weighted by Gasteiger charge is -2.27. The van der Waals surface area contributed by atoms with Crippen molar-refractivity contribution in [2.75, 3.05) is 13.3 Å². The first-order chi connectivity index (χ1) is 10.5. The molecule has 118 valence electrons. The van der Waals surface area contributed by atoms with Crippen LogP contribution in [-0.2, 0) is 13.0 Å². The van der Waals surface area contributed by atoms with E-state index in [0.29, 0.717) is 23.0 Å². The monoisotopic (exact) mass is 375 g/mol. The second-order valence-electron chi connectivity index (χ2n) is 5.25. The lowest BCUT2D eigenvalue weighted by molar-refractivity contribution is 0.0723. The summed E-state index contributed by atoms with van der Waals surface area (Å²) in [6.07, 6.45) is 2.03. The van der Waals surface area contributed by atoms with Crippen LogP contribution in [-0.4, -0.2) is 39.6 Å². The minimum Gasteiger partial charge on any atom is -0.391 e. The van der Waals surface area contributed by atoms with Crippen molar-refractivity contribution < 1.29 is 5.11 Å². The molecule has 22 heavy (non-hydrogen) atoms. The summed E-state index contributed by atoms with van der Waals surface area (Å²) in [5.74, 6) is 0. The minimum atomic E-state index is -0.496. The van der Waals surface area contributed by atoms with Crippen LogP contribution >= 0.6 is 46.3 Å². The van der Waals surface area contributed by atoms with E-state index in [9.17, 15) is 5.11 Å². The SMILES string of the molecule is CSc1nnc(CN(C)[C@H]2c3cc(Cl)cc(Cl)c3C[C@H]2O)s1. The van der Waals surface area contributed by atoms with Crippen molar-refractivity contribution in [2.24, 2.45) is 0 Å². The van der Waals surface area contributed by atoms with Gasteiger partial charge in [0.05, 0.1) is 18.7 Å². The normalized spacial score (nSPS) is 20.6. The Hall–Kier alpha value is -0.370. The Kier molecular flexibility index (Phi) is 4.97. The average molecular weight is 376 g/mol. The summed E-state index contributed by atoms with van der Waals surface area (Å²) in [5.41, 5.74) is 1.99. The Morgan fingerprint density at radius 2 is 2.18 bits per heavy atom. The van der Waals surface area contributed by atoms with E-state index in [0.717, 1.165) is 20.5 Å². The lowest BCUT2D eigenvalue weighted by Crippen LogP contribution is -2.30. The van der Waals surface area contributed by atoms with Crippen molar-refractivity contribution in [3.05, 3.63) is 38.3 Å². The van der Waals surface area contributed by atoms with Crippen molar-refractivity contribution in [3.8, 4) is 0 Å². The third-order valence-electron chi connectivity index (χ3n) is 3.77. The van der Waals surface area contributed by atoms with Gasteiger partial charge in [0, 0.05) is 16.5 Å². The second kappa shape index (κ2) is 6.63. The Labute approximate surface area is 147 Å². The largest absolute Gasteiger partial charge is 0.391 e. The number of hydrogen-bond donors (Lipinski definition) is 1. The van der Waals surface area contributed by atoms with E-state index in [-0.39, 0.29) is 6.04 Å². The molecular formula is C14H15Cl2N3OS2. The van der Waals surface area contributed by atoms with E-state index in [1.807, 2.05) is 19.4 Å². The smallest absolute Gasteiger partial charge is 0.174 e. The molecule has 0 amide bonds. The van der Waals surface area contributed by atoms with E-state index in [4.69, 9.17) is 23.2 Å². The number of aromatic nitrogens is 2. The summed E-state index contributed by atoms with van der Waals surface area (Å²) in [5, 5.41) is 20.9. The van der Waals surface area contributed by atoms with Crippen molar-refractivity contribution in [2.45, 2.75) is 29.5 Å². The predicted molar refractivity (Wildman–Crippen MR) is 92.1 cm³/mol. The standard InChI is InChI=1S/C14H15Cl2N3OS2/c1-19(6-12-17-18-14(21-2)22-12)13-9-3-7(15)4-10(16)8(9)5-11(13)20/h3-4,11,13,20H,5-6H2,1-2H3/t11-,13+/m1/s1. The average Bonchev–Trinajstić information content (AvgIpc) is 3.02. The maximum absolute atomic E-state index is 10.4. The zero-order chi connectivity index (χ0) is 15.9. The molecule has 0 saturated heterocycles. The van der Waals surface area contributed by atoms with E-state index < -0.39 is 6.10 Å². The number of aliphatic hydroxyl groups is 1. The molecule has 1 aromatic heterocycles. The number of benzene rings is 1. The van der Waals surface area contributed by atoms with Crippen LogP contribution in [0.2, 0.25) is 10.0 Å². The molecule has 2 aromatic rings. The Morgan fingerprint density at radius 1 is 1.41 bits per heavy atom. The number of likely N-dealkylation sites (N-methyl/N-ethyl adjacent to an activating group) is 1. The van der Waals surface area contributed by atoms with Gasteiger partial charge in [-0.15, -0.1) is 10.2 Å². The molecule has 0 aliphatic heterocycles. The zero-order valence-corrected chi connectivity index (χ0v) is 15.2. The highest BCUT2D eigenvalue weighted by atomic mass is 35.5. The molecule has 1 aliphatic rings. The van der Waals surface area contributed by atoms with Crippen LogP contribution in [0.1, 0.15) is 22.2 Å². The number of halogens is 2. The van der Waals surface area contributed by atoms with E-state index in [1.165, 1.54) is 0 Å². The minimum absolute atomic E-state index is 0.132. The molecule has 0 bridgehead atoms. The quantitative estimate of drug-likeness (QED) is 0.826. The predicted octanol–water partition coefficient (Wildman–Crippen LogP) is 3.66. The van der Waals surface area contributed by atoms with Gasteiger partial charge >= 0.3 is 0 Å². The number of hydrogen-bond acceptors (Lipinski definition) is 6. The van der Waals surface area contributed by atoms with Crippen LogP contribution in [0.5, 0.6) is 0 Å². The summed E-state index contributed by atoms with van der Waals surface area (Å²) in [6, 6.07) is 3.49. The molecule has 1 aliphatic carbocycles. The maximum Gasteiger partial charge on any atom is 0.174 e. The molecular weight excluding hydrogens is 361 g/mol. The molecule has 4 nitrogen and oxygen atoms in total. The fourth-order valence-corrected chi connectivity index (χ4v) is 4.82. The van der Waals surface area contributed by atoms with Crippen LogP contribution in [0.3, 0.4) is 0 Å². The van der Waals surface area contributed by atoms with Gasteiger partial charge in [0.15, 0.2) is 4.34 Å². The fraction of sp³-hybridized carbons (Fsp3) is 0.429. The highest BCUT2D eigenvalue weighted by Gasteiger charge is 2.36. The molecule has 0 fully saturated rings. The molecule has 2 atom stereocenters. The summed E-state index contributed by atoms with van der Waals surface area (Å²) in [4.78, 5) is 2.08. The number of rotatable bonds is 4. The van der Waals surface area contributed by atoms with Crippen LogP contribution in [0.15, 0.2) is 16.5 Å². The third kappa shape index (κ3) is 3.13. The highest BCUT2D eigenvalue weighted by molar-refractivity contribution is 8.00. The summed E-state index contributed by atoms with van der Waals surface area (Å²) >= 11 is 15.5. The van der Waals surface area contributed by atoms with E-state index in [1.54, 1.807) is 29.2 Å². The molecule has 0 radical (unpaired) electrons. The topological polar surface area (TPSA) is 49.2 Å². The molecule has 0 saturated carbocycles. The van der Waals surface area contributed by atoms with Gasteiger partial charge in [0.1, 0.15) is 5.01 Å². The van der Waals surface area contributed by atoms with Gasteiger partial charge in [-0.3, -0.25) is 4.90 Å². The molecule has 1 aromatic carbocycles. The number of nitrogens with zero attached hydrogens (tertiary/aromatic N) is 3. The molecule has 8 heteroatoms. The van der Waals surface area contributed by atoms with Gasteiger partial charge in [0.2, 0.25) is 0 Å². The summed E-state index contributed by atoms with van der Waals surface area (Å²) < 4.78 is 0.946. The van der Waals surface area contributed by atoms with Gasteiger partial charge in [0.25, 0.3) is 0 Å². The molecule has 1 heterocycles. The summed E-state index contributed by atoms with van der Waals surface area (Å²) in [6.45, 7) is 0.628. The van der Waals surface area contributed by atoms with Gasteiger partial charge in [-0.25, -0.2) is 0 Å². The number of aliphatic hydroxyl groups excluding tert-OH is 1. The van der Waals surface area contributed by atoms with Crippen LogP contribution in [0, 0.1) is 0 Å². The second-order valence-corrected chi connectivity index (χ2v) is 8.21. The Morgan fingerprint density at radius 3 is 2.86 bits per heavy atom.